The van der Waals surface area contributed by atoms with Gasteiger partial charge >= 0.3 is 5.97 Å². The van der Waals surface area contributed by atoms with E-state index in [0.29, 0.717) is 17.9 Å². The predicted octanol–water partition coefficient (Wildman–Crippen LogP) is 0.455. The number of ether oxygens (including phenoxy) is 2. The van der Waals surface area contributed by atoms with Crippen LogP contribution in [0.1, 0.15) is 12.5 Å². The van der Waals surface area contributed by atoms with Gasteiger partial charge in [0.15, 0.2) is 6.10 Å². The Morgan fingerprint density at radius 3 is 2.48 bits per heavy atom. The summed E-state index contributed by atoms with van der Waals surface area (Å²) in [6, 6.07) is 6.79. The summed E-state index contributed by atoms with van der Waals surface area (Å²) in [6.07, 6.45) is -0.0317. The first-order valence-corrected chi connectivity index (χ1v) is 9.51. The highest BCUT2D eigenvalue weighted by atomic mass is 32.2. The zero-order chi connectivity index (χ0) is 19.0. The number of amides is 1. The lowest BCUT2D eigenvalue weighted by atomic mass is 10.2. The lowest BCUT2D eigenvalue weighted by Crippen LogP contribution is -2.41. The minimum Gasteiger partial charge on any atom is -0.451 e. The summed E-state index contributed by atoms with van der Waals surface area (Å²) >= 11 is 0. The molecule has 1 rings (SSSR count). The molecule has 0 aromatic heterocycles. The van der Waals surface area contributed by atoms with Gasteiger partial charge in [0.05, 0.1) is 18.6 Å². The van der Waals surface area contributed by atoms with Crippen molar-refractivity contribution in [3.63, 3.8) is 0 Å². The van der Waals surface area contributed by atoms with Crippen molar-refractivity contribution in [2.75, 3.05) is 37.4 Å². The summed E-state index contributed by atoms with van der Waals surface area (Å²) in [7, 11) is -2.19. The first-order chi connectivity index (χ1) is 11.7. The fraction of sp³-hybridized carbons (Fsp3) is 0.500. The van der Waals surface area contributed by atoms with Crippen molar-refractivity contribution in [3.8, 4) is 0 Å². The van der Waals surface area contributed by atoms with Gasteiger partial charge in [-0.05, 0) is 25.5 Å². The molecule has 0 aliphatic heterocycles. The lowest BCUT2D eigenvalue weighted by Gasteiger charge is -2.24. The Labute approximate surface area is 148 Å². The van der Waals surface area contributed by atoms with Gasteiger partial charge in [0, 0.05) is 13.7 Å². The monoisotopic (exact) mass is 372 g/mol. The number of aryl methyl sites for hydroxylation is 1. The Bertz CT molecular complexity index is 704. The van der Waals surface area contributed by atoms with Crippen molar-refractivity contribution in [2.24, 2.45) is 0 Å². The second-order valence-electron chi connectivity index (χ2n) is 5.47. The minimum atomic E-state index is -3.69. The van der Waals surface area contributed by atoms with E-state index in [1.807, 2.05) is 0 Å². The molecule has 0 aliphatic rings. The molecule has 0 unspecified atom stereocenters. The number of benzene rings is 1. The number of anilines is 1. The molecule has 25 heavy (non-hydrogen) atoms. The molecule has 8 nitrogen and oxygen atoms in total. The second-order valence-corrected chi connectivity index (χ2v) is 7.38. The molecule has 9 heteroatoms. The van der Waals surface area contributed by atoms with E-state index in [1.165, 1.54) is 14.0 Å². The number of rotatable bonds is 9. The van der Waals surface area contributed by atoms with Crippen LogP contribution in [0.3, 0.4) is 0 Å². The van der Waals surface area contributed by atoms with Crippen molar-refractivity contribution in [3.05, 3.63) is 29.8 Å². The van der Waals surface area contributed by atoms with Crippen LogP contribution >= 0.6 is 0 Å². The Morgan fingerprint density at radius 1 is 1.28 bits per heavy atom. The van der Waals surface area contributed by atoms with E-state index in [9.17, 15) is 18.0 Å². The van der Waals surface area contributed by atoms with Gasteiger partial charge < -0.3 is 14.8 Å². The highest BCUT2D eigenvalue weighted by Gasteiger charge is 2.25. The summed E-state index contributed by atoms with van der Waals surface area (Å²) in [6.45, 7) is 3.26. The zero-order valence-electron chi connectivity index (χ0n) is 14.8. The molecule has 0 radical (unpaired) electrons. The van der Waals surface area contributed by atoms with Gasteiger partial charge in [-0.1, -0.05) is 18.2 Å². The van der Waals surface area contributed by atoms with Crippen LogP contribution in [0.2, 0.25) is 0 Å². The quantitative estimate of drug-likeness (QED) is 0.499. The molecule has 0 saturated heterocycles. The van der Waals surface area contributed by atoms with E-state index in [2.05, 4.69) is 5.32 Å². The number of hydrogen-bond donors (Lipinski definition) is 1. The fourth-order valence-corrected chi connectivity index (χ4v) is 2.95. The van der Waals surface area contributed by atoms with Crippen LogP contribution in [-0.2, 0) is 29.1 Å². The molecule has 140 valence electrons. The van der Waals surface area contributed by atoms with Crippen molar-refractivity contribution in [1.29, 1.82) is 0 Å². The van der Waals surface area contributed by atoms with Gasteiger partial charge in [0.25, 0.3) is 5.91 Å². The molecule has 1 atom stereocenters. The largest absolute Gasteiger partial charge is 0.451 e. The van der Waals surface area contributed by atoms with Crippen molar-refractivity contribution >= 4 is 27.6 Å². The van der Waals surface area contributed by atoms with E-state index in [4.69, 9.17) is 9.47 Å². The highest BCUT2D eigenvalue weighted by Crippen LogP contribution is 2.21. The van der Waals surface area contributed by atoms with Crippen LogP contribution in [-0.4, -0.2) is 59.5 Å². The normalized spacial score (nSPS) is 12.3. The molecule has 1 amide bonds. The molecule has 0 bridgehead atoms. The standard InChI is InChI=1S/C16H24N2O6S/c1-12-7-5-6-8-14(12)18(25(4,21)22)11-15(19)24-13(2)16(20)17-9-10-23-3/h5-8,13H,9-11H2,1-4H3,(H,17,20)/t13-/m1/s1. The maximum Gasteiger partial charge on any atom is 0.327 e. The average molecular weight is 372 g/mol. The molecule has 0 saturated carbocycles. The molecular formula is C16H24N2O6S. The Kier molecular flexibility index (Phi) is 7.85. The van der Waals surface area contributed by atoms with Crippen LogP contribution in [0.15, 0.2) is 24.3 Å². The van der Waals surface area contributed by atoms with Gasteiger partial charge in [0.2, 0.25) is 10.0 Å². The molecule has 0 fully saturated rings. The molecule has 1 N–H and O–H groups in total. The van der Waals surface area contributed by atoms with Gasteiger partial charge in [0.1, 0.15) is 6.54 Å². The number of methoxy groups -OCH3 is 1. The van der Waals surface area contributed by atoms with Crippen LogP contribution in [0.5, 0.6) is 0 Å². The number of carbonyl (C=O) groups is 2. The topological polar surface area (TPSA) is 102 Å². The first-order valence-electron chi connectivity index (χ1n) is 7.66. The summed E-state index contributed by atoms with van der Waals surface area (Å²) in [5, 5.41) is 2.54. The van der Waals surface area contributed by atoms with E-state index in [1.54, 1.807) is 31.2 Å². The SMILES string of the molecule is COCCNC(=O)[C@@H](C)OC(=O)CN(c1ccccc1C)S(C)(=O)=O. The molecule has 1 aromatic carbocycles. The Hall–Kier alpha value is -2.13. The van der Waals surface area contributed by atoms with Crippen molar-refractivity contribution in [2.45, 2.75) is 20.0 Å². The van der Waals surface area contributed by atoms with Crippen LogP contribution in [0, 0.1) is 6.92 Å². The third-order valence-corrected chi connectivity index (χ3v) is 4.47. The van der Waals surface area contributed by atoms with Crippen LogP contribution in [0.4, 0.5) is 5.69 Å². The number of hydrogen-bond acceptors (Lipinski definition) is 6. The zero-order valence-corrected chi connectivity index (χ0v) is 15.6. The third kappa shape index (κ3) is 6.71. The average Bonchev–Trinajstić information content (AvgIpc) is 2.52. The van der Waals surface area contributed by atoms with Gasteiger partial charge in [-0.3, -0.25) is 13.9 Å². The van der Waals surface area contributed by atoms with E-state index in [0.717, 1.165) is 10.6 Å². The van der Waals surface area contributed by atoms with Gasteiger partial charge in [-0.25, -0.2) is 8.42 Å². The number of nitrogens with zero attached hydrogens (tertiary/aromatic N) is 1. The molecule has 1 aromatic rings. The van der Waals surface area contributed by atoms with Crippen LogP contribution < -0.4 is 9.62 Å². The number of sulfonamides is 1. The van der Waals surface area contributed by atoms with Crippen molar-refractivity contribution < 1.29 is 27.5 Å². The lowest BCUT2D eigenvalue weighted by molar-refractivity contribution is -0.153. The summed E-state index contributed by atoms with van der Waals surface area (Å²) in [5.74, 6) is -1.30. The molecule has 0 heterocycles. The smallest absolute Gasteiger partial charge is 0.327 e. The number of carbonyl (C=O) groups excluding carboxylic acids is 2. The third-order valence-electron chi connectivity index (χ3n) is 3.34. The van der Waals surface area contributed by atoms with Gasteiger partial charge in [-0.15, -0.1) is 0 Å². The van der Waals surface area contributed by atoms with Gasteiger partial charge in [-0.2, -0.15) is 0 Å². The highest BCUT2D eigenvalue weighted by molar-refractivity contribution is 7.92. The van der Waals surface area contributed by atoms with E-state index >= 15 is 0 Å². The summed E-state index contributed by atoms with van der Waals surface area (Å²) in [4.78, 5) is 23.9. The van der Waals surface area contributed by atoms with Crippen molar-refractivity contribution in [1.82, 2.24) is 5.32 Å². The molecular weight excluding hydrogens is 348 g/mol. The molecule has 0 aliphatic carbocycles. The number of nitrogens with one attached hydrogen (secondary N) is 1. The maximum atomic E-state index is 12.1. The number of esters is 1. The summed E-state index contributed by atoms with van der Waals surface area (Å²) < 4.78 is 34.9. The second kappa shape index (κ2) is 9.38. The van der Waals surface area contributed by atoms with E-state index < -0.39 is 34.5 Å². The number of para-hydroxylation sites is 1. The Balaban J connectivity index is 2.77. The van der Waals surface area contributed by atoms with Crippen LogP contribution in [0.25, 0.3) is 0 Å². The predicted molar refractivity (Wildman–Crippen MR) is 93.8 cm³/mol. The fourth-order valence-electron chi connectivity index (χ4n) is 2.05. The van der Waals surface area contributed by atoms with E-state index in [-0.39, 0.29) is 6.54 Å². The minimum absolute atomic E-state index is 0.288. The first kappa shape index (κ1) is 20.9. The Morgan fingerprint density at radius 2 is 1.92 bits per heavy atom. The maximum absolute atomic E-state index is 12.1. The summed E-state index contributed by atoms with van der Waals surface area (Å²) in [5.41, 5.74) is 1.09. The molecule has 0 spiro atoms.